The summed E-state index contributed by atoms with van der Waals surface area (Å²) >= 11 is 0. The third-order valence-electron chi connectivity index (χ3n) is 3.24. The molecule has 2 rings (SSSR count). The number of aliphatic hydroxyl groups excluding tert-OH is 2. The number of rotatable bonds is 3. The van der Waals surface area contributed by atoms with Crippen molar-refractivity contribution < 1.29 is 14.9 Å². The Bertz CT molecular complexity index is 406. The first-order valence-electron chi connectivity index (χ1n) is 5.32. The summed E-state index contributed by atoms with van der Waals surface area (Å²) in [5.41, 5.74) is 1.42. The number of benzene rings is 1. The van der Waals surface area contributed by atoms with Crippen molar-refractivity contribution in [1.29, 1.82) is 0 Å². The Labute approximate surface area is 95.0 Å². The van der Waals surface area contributed by atoms with Crippen LogP contribution in [0.3, 0.4) is 0 Å². The summed E-state index contributed by atoms with van der Waals surface area (Å²) < 4.78 is 5.18. The Balaban J connectivity index is 2.55. The van der Waals surface area contributed by atoms with Gasteiger partial charge < -0.3 is 14.9 Å². The van der Waals surface area contributed by atoms with Crippen LogP contribution in [0, 0.1) is 0 Å². The molecule has 0 bridgehead atoms. The van der Waals surface area contributed by atoms with Crippen LogP contribution in [0.1, 0.15) is 17.5 Å². The summed E-state index contributed by atoms with van der Waals surface area (Å²) in [5, 5.41) is 19.0. The van der Waals surface area contributed by atoms with Crippen molar-refractivity contribution in [3.63, 3.8) is 0 Å². The Morgan fingerprint density at radius 2 is 2.06 bits per heavy atom. The van der Waals surface area contributed by atoms with Gasteiger partial charge >= 0.3 is 0 Å². The van der Waals surface area contributed by atoms with E-state index in [0.29, 0.717) is 6.42 Å². The van der Waals surface area contributed by atoms with Crippen LogP contribution in [0.25, 0.3) is 6.08 Å². The predicted octanol–water partition coefficient (Wildman–Crippen LogP) is 1.33. The van der Waals surface area contributed by atoms with Gasteiger partial charge in [0, 0.05) is 5.41 Å². The fourth-order valence-electron chi connectivity index (χ4n) is 2.14. The molecule has 1 aliphatic rings. The van der Waals surface area contributed by atoms with Crippen molar-refractivity contribution in [1.82, 2.24) is 0 Å². The molecular formula is C13H16O3. The topological polar surface area (TPSA) is 49.7 Å². The molecule has 0 heterocycles. The highest BCUT2D eigenvalue weighted by Gasteiger charge is 2.33. The maximum absolute atomic E-state index is 9.52. The van der Waals surface area contributed by atoms with Crippen LogP contribution in [0.5, 0.6) is 5.75 Å². The van der Waals surface area contributed by atoms with Gasteiger partial charge in [-0.15, -0.1) is 0 Å². The molecule has 0 aliphatic heterocycles. The first-order valence-corrected chi connectivity index (χ1v) is 5.32. The van der Waals surface area contributed by atoms with E-state index in [2.05, 4.69) is 0 Å². The van der Waals surface area contributed by atoms with E-state index in [4.69, 9.17) is 4.74 Å². The van der Waals surface area contributed by atoms with Gasteiger partial charge in [0.05, 0.1) is 20.3 Å². The summed E-state index contributed by atoms with van der Waals surface area (Å²) in [6, 6.07) is 5.73. The molecule has 1 aromatic rings. The normalized spacial score (nSPS) is 16.9. The van der Waals surface area contributed by atoms with Crippen LogP contribution in [-0.4, -0.2) is 30.5 Å². The Kier molecular flexibility index (Phi) is 2.99. The van der Waals surface area contributed by atoms with E-state index in [9.17, 15) is 10.2 Å². The van der Waals surface area contributed by atoms with Crippen LogP contribution in [0.2, 0.25) is 0 Å². The fourth-order valence-corrected chi connectivity index (χ4v) is 2.14. The summed E-state index contributed by atoms with van der Waals surface area (Å²) in [5.74, 6) is 0.750. The van der Waals surface area contributed by atoms with Gasteiger partial charge in [-0.05, 0) is 29.7 Å². The van der Waals surface area contributed by atoms with E-state index >= 15 is 0 Å². The maximum Gasteiger partial charge on any atom is 0.119 e. The summed E-state index contributed by atoms with van der Waals surface area (Å²) in [6.07, 6.45) is 4.65. The molecule has 0 fully saturated rings. The predicted molar refractivity (Wildman–Crippen MR) is 62.5 cm³/mol. The maximum atomic E-state index is 9.52. The number of fused-ring (bicyclic) bond motifs is 1. The number of ether oxygens (including phenoxy) is 1. The van der Waals surface area contributed by atoms with E-state index in [1.54, 1.807) is 7.11 Å². The number of methoxy groups -OCH3 is 1. The van der Waals surface area contributed by atoms with Gasteiger partial charge in [0.15, 0.2) is 0 Å². The van der Waals surface area contributed by atoms with Crippen molar-refractivity contribution in [2.75, 3.05) is 20.3 Å². The van der Waals surface area contributed by atoms with Gasteiger partial charge in [0.25, 0.3) is 0 Å². The van der Waals surface area contributed by atoms with Gasteiger partial charge in [-0.25, -0.2) is 0 Å². The standard InChI is InChI=1S/C13H16O3/c1-16-11-5-4-10-3-2-6-13(8-14,9-15)12(10)7-11/h2-5,7,14-15H,6,8-9H2,1H3. The zero-order valence-corrected chi connectivity index (χ0v) is 9.31. The second-order valence-corrected chi connectivity index (χ2v) is 4.16. The van der Waals surface area contributed by atoms with E-state index < -0.39 is 5.41 Å². The molecule has 0 atom stereocenters. The Morgan fingerprint density at radius 3 is 2.69 bits per heavy atom. The smallest absolute Gasteiger partial charge is 0.119 e. The van der Waals surface area contributed by atoms with Gasteiger partial charge in [-0.3, -0.25) is 0 Å². The minimum absolute atomic E-state index is 0.0615. The van der Waals surface area contributed by atoms with E-state index in [-0.39, 0.29) is 13.2 Å². The Morgan fingerprint density at radius 1 is 1.31 bits per heavy atom. The van der Waals surface area contributed by atoms with Crippen LogP contribution in [0.4, 0.5) is 0 Å². The minimum Gasteiger partial charge on any atom is -0.497 e. The van der Waals surface area contributed by atoms with Crippen molar-refractivity contribution in [2.24, 2.45) is 0 Å². The molecule has 0 amide bonds. The lowest BCUT2D eigenvalue weighted by atomic mass is 9.74. The molecule has 1 aliphatic carbocycles. The monoisotopic (exact) mass is 220 g/mol. The number of hydrogen-bond donors (Lipinski definition) is 2. The summed E-state index contributed by atoms with van der Waals surface area (Å²) in [6.45, 7) is -0.123. The van der Waals surface area contributed by atoms with Crippen molar-refractivity contribution in [3.05, 3.63) is 35.4 Å². The summed E-state index contributed by atoms with van der Waals surface area (Å²) in [4.78, 5) is 0. The lowest BCUT2D eigenvalue weighted by molar-refractivity contribution is 0.117. The molecule has 0 unspecified atom stereocenters. The van der Waals surface area contributed by atoms with Crippen molar-refractivity contribution in [3.8, 4) is 5.75 Å². The second-order valence-electron chi connectivity index (χ2n) is 4.16. The Hall–Kier alpha value is -1.32. The lowest BCUT2D eigenvalue weighted by Crippen LogP contribution is -2.36. The first-order chi connectivity index (χ1) is 7.75. The van der Waals surface area contributed by atoms with Crippen LogP contribution in [-0.2, 0) is 5.41 Å². The number of allylic oxidation sites excluding steroid dienone is 1. The molecule has 1 aromatic carbocycles. The van der Waals surface area contributed by atoms with E-state index in [0.717, 1.165) is 16.9 Å². The van der Waals surface area contributed by atoms with Crippen LogP contribution < -0.4 is 4.74 Å². The quantitative estimate of drug-likeness (QED) is 0.808. The third-order valence-corrected chi connectivity index (χ3v) is 3.24. The zero-order chi connectivity index (χ0) is 11.6. The molecular weight excluding hydrogens is 204 g/mol. The second kappa shape index (κ2) is 4.28. The molecule has 3 heteroatoms. The first kappa shape index (κ1) is 11.2. The highest BCUT2D eigenvalue weighted by molar-refractivity contribution is 5.61. The van der Waals surface area contributed by atoms with Gasteiger partial charge in [0.2, 0.25) is 0 Å². The molecule has 86 valence electrons. The molecule has 0 aromatic heterocycles. The molecule has 0 saturated carbocycles. The minimum atomic E-state index is -0.571. The molecule has 16 heavy (non-hydrogen) atoms. The zero-order valence-electron chi connectivity index (χ0n) is 9.31. The summed E-state index contributed by atoms with van der Waals surface area (Å²) in [7, 11) is 1.61. The highest BCUT2D eigenvalue weighted by Crippen LogP contribution is 2.37. The van der Waals surface area contributed by atoms with Gasteiger partial charge in [-0.2, -0.15) is 0 Å². The molecule has 0 radical (unpaired) electrons. The largest absolute Gasteiger partial charge is 0.497 e. The van der Waals surface area contributed by atoms with E-state index in [1.165, 1.54) is 0 Å². The third kappa shape index (κ3) is 1.62. The lowest BCUT2D eigenvalue weighted by Gasteiger charge is -2.33. The van der Waals surface area contributed by atoms with Crippen LogP contribution >= 0.6 is 0 Å². The average Bonchev–Trinajstić information content (AvgIpc) is 2.37. The highest BCUT2D eigenvalue weighted by atomic mass is 16.5. The molecule has 2 N–H and O–H groups in total. The van der Waals surface area contributed by atoms with Crippen LogP contribution in [0.15, 0.2) is 24.3 Å². The molecule has 0 spiro atoms. The SMILES string of the molecule is COc1ccc2c(c1)C(CO)(CO)CC=C2. The van der Waals surface area contributed by atoms with Crippen molar-refractivity contribution >= 4 is 6.08 Å². The average molecular weight is 220 g/mol. The molecule has 0 saturated heterocycles. The number of aliphatic hydroxyl groups is 2. The van der Waals surface area contributed by atoms with Gasteiger partial charge in [0.1, 0.15) is 5.75 Å². The molecule has 3 nitrogen and oxygen atoms in total. The van der Waals surface area contributed by atoms with E-state index in [1.807, 2.05) is 30.4 Å². The van der Waals surface area contributed by atoms with Crippen molar-refractivity contribution in [2.45, 2.75) is 11.8 Å². The van der Waals surface area contributed by atoms with Gasteiger partial charge in [-0.1, -0.05) is 18.2 Å². The number of hydrogen-bond acceptors (Lipinski definition) is 3. The fraction of sp³-hybridized carbons (Fsp3) is 0.385.